The van der Waals surface area contributed by atoms with Crippen LogP contribution in [0.25, 0.3) is 0 Å². The standard InChI is InChI=1S/C16H17BrN2O5S/c1-11(12-5-4-6-13(9-12)19(20)21)18(2)25(22,23)14-7-8-16(24-3)15(17)10-14/h4-11H,1-3H3. The summed E-state index contributed by atoms with van der Waals surface area (Å²) in [5.74, 6) is 0.522. The second-order valence-electron chi connectivity index (χ2n) is 5.35. The lowest BCUT2D eigenvalue weighted by Gasteiger charge is -2.24. The molecule has 2 rings (SSSR count). The Hall–Kier alpha value is -1.97. The number of nitro benzene ring substituents is 1. The monoisotopic (exact) mass is 428 g/mol. The third-order valence-electron chi connectivity index (χ3n) is 3.91. The lowest BCUT2D eigenvalue weighted by molar-refractivity contribution is -0.384. The van der Waals surface area contributed by atoms with E-state index in [0.717, 1.165) is 0 Å². The quantitative estimate of drug-likeness (QED) is 0.516. The smallest absolute Gasteiger partial charge is 0.269 e. The van der Waals surface area contributed by atoms with Crippen molar-refractivity contribution in [2.75, 3.05) is 14.2 Å². The highest BCUT2D eigenvalue weighted by atomic mass is 79.9. The Morgan fingerprint density at radius 1 is 1.24 bits per heavy atom. The predicted molar refractivity (Wildman–Crippen MR) is 97.2 cm³/mol. The molecule has 0 saturated heterocycles. The van der Waals surface area contributed by atoms with Crippen LogP contribution >= 0.6 is 15.9 Å². The summed E-state index contributed by atoms with van der Waals surface area (Å²) in [5.41, 5.74) is 0.454. The predicted octanol–water partition coefficient (Wildman–Crippen LogP) is 3.75. The Morgan fingerprint density at radius 2 is 1.92 bits per heavy atom. The second kappa shape index (κ2) is 7.51. The zero-order valence-electron chi connectivity index (χ0n) is 13.8. The molecule has 0 radical (unpaired) electrons. The van der Waals surface area contributed by atoms with Crippen molar-refractivity contribution >= 4 is 31.6 Å². The van der Waals surface area contributed by atoms with Crippen LogP contribution < -0.4 is 4.74 Å². The fourth-order valence-corrected chi connectivity index (χ4v) is 4.36. The van der Waals surface area contributed by atoms with Crippen LogP contribution in [-0.4, -0.2) is 31.8 Å². The molecule has 0 fully saturated rings. The van der Waals surface area contributed by atoms with Crippen LogP contribution in [0.2, 0.25) is 0 Å². The van der Waals surface area contributed by atoms with E-state index in [1.165, 1.54) is 48.8 Å². The molecule has 0 N–H and O–H groups in total. The Balaban J connectivity index is 2.37. The fourth-order valence-electron chi connectivity index (χ4n) is 2.29. The van der Waals surface area contributed by atoms with E-state index < -0.39 is 21.0 Å². The molecule has 0 aromatic heterocycles. The summed E-state index contributed by atoms with van der Waals surface area (Å²) in [6, 6.07) is 9.84. The van der Waals surface area contributed by atoms with Crippen LogP contribution in [0.15, 0.2) is 51.8 Å². The highest BCUT2D eigenvalue weighted by molar-refractivity contribution is 9.10. The van der Waals surface area contributed by atoms with E-state index in [0.29, 0.717) is 15.8 Å². The van der Waals surface area contributed by atoms with Crippen molar-refractivity contribution in [3.8, 4) is 5.75 Å². The van der Waals surface area contributed by atoms with E-state index in [4.69, 9.17) is 4.74 Å². The number of hydrogen-bond donors (Lipinski definition) is 0. The molecule has 2 aromatic carbocycles. The average molecular weight is 429 g/mol. The topological polar surface area (TPSA) is 89.8 Å². The van der Waals surface area contributed by atoms with Crippen molar-refractivity contribution in [3.63, 3.8) is 0 Å². The molecule has 0 amide bonds. The van der Waals surface area contributed by atoms with Crippen molar-refractivity contribution in [2.45, 2.75) is 17.9 Å². The number of ether oxygens (including phenoxy) is 1. The first-order valence-electron chi connectivity index (χ1n) is 7.24. The molecule has 7 nitrogen and oxygen atoms in total. The molecule has 1 atom stereocenters. The molecular weight excluding hydrogens is 412 g/mol. The van der Waals surface area contributed by atoms with E-state index in [-0.39, 0.29) is 10.6 Å². The van der Waals surface area contributed by atoms with Gasteiger partial charge in [-0.25, -0.2) is 8.42 Å². The number of non-ortho nitro benzene ring substituents is 1. The number of sulfonamides is 1. The normalized spacial score (nSPS) is 12.8. The Morgan fingerprint density at radius 3 is 2.48 bits per heavy atom. The maximum absolute atomic E-state index is 12.8. The van der Waals surface area contributed by atoms with Gasteiger partial charge in [-0.05, 0) is 46.6 Å². The molecular formula is C16H17BrN2O5S. The Bertz CT molecular complexity index is 901. The first-order chi connectivity index (χ1) is 11.7. The van der Waals surface area contributed by atoms with E-state index in [2.05, 4.69) is 15.9 Å². The molecule has 0 heterocycles. The fraction of sp³-hybridized carbons (Fsp3) is 0.250. The number of nitrogens with zero attached hydrogens (tertiary/aromatic N) is 2. The van der Waals surface area contributed by atoms with Crippen LogP contribution in [-0.2, 0) is 10.0 Å². The highest BCUT2D eigenvalue weighted by Gasteiger charge is 2.27. The summed E-state index contributed by atoms with van der Waals surface area (Å²) in [6.07, 6.45) is 0. The number of nitro groups is 1. The van der Waals surface area contributed by atoms with Crippen LogP contribution in [0.1, 0.15) is 18.5 Å². The van der Waals surface area contributed by atoms with Crippen LogP contribution in [0, 0.1) is 10.1 Å². The minimum Gasteiger partial charge on any atom is -0.496 e. The van der Waals surface area contributed by atoms with Gasteiger partial charge >= 0.3 is 0 Å². The molecule has 0 saturated carbocycles. The first-order valence-corrected chi connectivity index (χ1v) is 9.47. The van der Waals surface area contributed by atoms with Gasteiger partial charge in [0.05, 0.1) is 21.4 Å². The molecule has 0 aliphatic rings. The van der Waals surface area contributed by atoms with Crippen LogP contribution in [0.3, 0.4) is 0 Å². The summed E-state index contributed by atoms with van der Waals surface area (Å²) in [5, 5.41) is 10.9. The molecule has 1 unspecified atom stereocenters. The first kappa shape index (κ1) is 19.4. The summed E-state index contributed by atoms with van der Waals surface area (Å²) < 4.78 is 32.5. The van der Waals surface area contributed by atoms with E-state index in [9.17, 15) is 18.5 Å². The molecule has 0 spiro atoms. The summed E-state index contributed by atoms with van der Waals surface area (Å²) in [4.78, 5) is 10.5. The zero-order chi connectivity index (χ0) is 18.8. The molecule has 2 aromatic rings. The number of halogens is 1. The van der Waals surface area contributed by atoms with Gasteiger partial charge in [0.25, 0.3) is 5.69 Å². The van der Waals surface area contributed by atoms with Crippen molar-refractivity contribution in [2.24, 2.45) is 0 Å². The highest BCUT2D eigenvalue weighted by Crippen LogP contribution is 2.31. The number of rotatable bonds is 6. The van der Waals surface area contributed by atoms with E-state index in [1.807, 2.05) is 0 Å². The van der Waals surface area contributed by atoms with Gasteiger partial charge in [0.2, 0.25) is 10.0 Å². The summed E-state index contributed by atoms with van der Waals surface area (Å²) in [6.45, 7) is 1.68. The van der Waals surface area contributed by atoms with Gasteiger partial charge in [-0.3, -0.25) is 10.1 Å². The minimum absolute atomic E-state index is 0.0812. The SMILES string of the molecule is COc1ccc(S(=O)(=O)N(C)C(C)c2cccc([N+](=O)[O-])c2)cc1Br. The van der Waals surface area contributed by atoms with Gasteiger partial charge in [0.1, 0.15) is 5.75 Å². The van der Waals surface area contributed by atoms with E-state index >= 15 is 0 Å². The van der Waals surface area contributed by atoms with Gasteiger partial charge in [-0.15, -0.1) is 0 Å². The number of methoxy groups -OCH3 is 1. The lowest BCUT2D eigenvalue weighted by atomic mass is 10.1. The lowest BCUT2D eigenvalue weighted by Crippen LogP contribution is -2.29. The minimum atomic E-state index is -3.79. The Labute approximate surface area is 154 Å². The molecule has 9 heteroatoms. The van der Waals surface area contributed by atoms with Crippen molar-refractivity contribution in [1.29, 1.82) is 0 Å². The van der Waals surface area contributed by atoms with Crippen LogP contribution in [0.5, 0.6) is 5.75 Å². The molecule has 134 valence electrons. The third kappa shape index (κ3) is 4.00. The number of hydrogen-bond acceptors (Lipinski definition) is 5. The van der Waals surface area contributed by atoms with Crippen molar-refractivity contribution in [1.82, 2.24) is 4.31 Å². The second-order valence-corrected chi connectivity index (χ2v) is 8.20. The van der Waals surface area contributed by atoms with Crippen molar-refractivity contribution in [3.05, 3.63) is 62.6 Å². The van der Waals surface area contributed by atoms with E-state index in [1.54, 1.807) is 19.1 Å². The molecule has 0 bridgehead atoms. The maximum atomic E-state index is 12.8. The maximum Gasteiger partial charge on any atom is 0.269 e. The van der Waals surface area contributed by atoms with Gasteiger partial charge < -0.3 is 4.74 Å². The summed E-state index contributed by atoms with van der Waals surface area (Å²) >= 11 is 3.27. The summed E-state index contributed by atoms with van der Waals surface area (Å²) in [7, 11) is -0.857. The zero-order valence-corrected chi connectivity index (χ0v) is 16.2. The van der Waals surface area contributed by atoms with Gasteiger partial charge in [0.15, 0.2) is 0 Å². The average Bonchev–Trinajstić information content (AvgIpc) is 2.60. The van der Waals surface area contributed by atoms with Gasteiger partial charge in [-0.1, -0.05) is 12.1 Å². The van der Waals surface area contributed by atoms with Gasteiger partial charge in [0, 0.05) is 25.2 Å². The Kier molecular flexibility index (Phi) is 5.81. The van der Waals surface area contributed by atoms with Gasteiger partial charge in [-0.2, -0.15) is 4.31 Å². The van der Waals surface area contributed by atoms with Crippen molar-refractivity contribution < 1.29 is 18.1 Å². The molecule has 25 heavy (non-hydrogen) atoms. The third-order valence-corrected chi connectivity index (χ3v) is 6.45. The number of benzene rings is 2. The molecule has 0 aliphatic carbocycles. The largest absolute Gasteiger partial charge is 0.496 e. The van der Waals surface area contributed by atoms with Crippen LogP contribution in [0.4, 0.5) is 5.69 Å². The molecule has 0 aliphatic heterocycles.